The van der Waals surface area contributed by atoms with Crippen molar-refractivity contribution in [1.29, 1.82) is 0 Å². The molecule has 1 aliphatic rings. The number of benzene rings is 3. The molecule has 1 aliphatic heterocycles. The lowest BCUT2D eigenvalue weighted by molar-refractivity contribution is 0.216. The number of hydrogen-bond acceptors (Lipinski definition) is 4. The predicted molar refractivity (Wildman–Crippen MR) is 140 cm³/mol. The van der Waals surface area contributed by atoms with Crippen LogP contribution >= 0.6 is 22.9 Å². The van der Waals surface area contributed by atoms with Crippen molar-refractivity contribution in [2.24, 2.45) is 4.99 Å². The van der Waals surface area contributed by atoms with Crippen LogP contribution < -0.4 is 0 Å². The average molecular weight is 473 g/mol. The van der Waals surface area contributed by atoms with Crippen LogP contribution in [0.1, 0.15) is 5.56 Å². The lowest BCUT2D eigenvalue weighted by atomic mass is 10.1. The van der Waals surface area contributed by atoms with E-state index in [0.29, 0.717) is 0 Å². The molecule has 0 atom stereocenters. The Morgan fingerprint density at radius 3 is 2.12 bits per heavy atom. The summed E-state index contributed by atoms with van der Waals surface area (Å²) in [7, 11) is 2.17. The Labute approximate surface area is 203 Å². The Kier molecular flexibility index (Phi) is 6.53. The smallest absolute Gasteiger partial charge is 0.146 e. The van der Waals surface area contributed by atoms with Crippen LogP contribution in [0.4, 0.5) is 5.00 Å². The quantitative estimate of drug-likeness (QED) is 0.252. The molecule has 1 fully saturated rings. The summed E-state index contributed by atoms with van der Waals surface area (Å²) in [6, 6.07) is 28.6. The number of halogens is 1. The zero-order valence-corrected chi connectivity index (χ0v) is 20.1. The highest BCUT2D eigenvalue weighted by molar-refractivity contribution is 7.19. The lowest BCUT2D eigenvalue weighted by Gasteiger charge is -2.34. The zero-order chi connectivity index (χ0) is 22.6. The minimum absolute atomic E-state index is 0.721. The van der Waals surface area contributed by atoms with Gasteiger partial charge in [-0.3, -0.25) is 0 Å². The largest absolute Gasteiger partial charge is 0.354 e. The molecular weight excluding hydrogens is 448 g/mol. The molecule has 0 saturated carbocycles. The van der Waals surface area contributed by atoms with E-state index >= 15 is 0 Å². The lowest BCUT2D eigenvalue weighted by Crippen LogP contribution is -2.47. The van der Waals surface area contributed by atoms with E-state index in [2.05, 4.69) is 53.2 Å². The Bertz CT molecular complexity index is 1230. The highest BCUT2D eigenvalue weighted by atomic mass is 35.5. The number of nitrogens with zero attached hydrogens (tertiary/aromatic N) is 4. The Morgan fingerprint density at radius 2 is 1.45 bits per heavy atom. The second kappa shape index (κ2) is 9.87. The van der Waals surface area contributed by atoms with Gasteiger partial charge in [0.25, 0.3) is 0 Å². The molecule has 0 radical (unpaired) electrons. The highest BCUT2D eigenvalue weighted by Crippen LogP contribution is 2.40. The average Bonchev–Trinajstić information content (AvgIpc) is 3.29. The molecule has 1 saturated heterocycles. The maximum Gasteiger partial charge on any atom is 0.146 e. The topological polar surface area (TPSA) is 31.7 Å². The van der Waals surface area contributed by atoms with Gasteiger partial charge in [0.2, 0.25) is 0 Å². The van der Waals surface area contributed by atoms with Gasteiger partial charge in [-0.1, -0.05) is 95.7 Å². The number of hydrogen-bond donors (Lipinski definition) is 0. The summed E-state index contributed by atoms with van der Waals surface area (Å²) in [5.74, 6) is 1.01. The molecule has 4 nitrogen and oxygen atoms in total. The third kappa shape index (κ3) is 5.01. The van der Waals surface area contributed by atoms with Gasteiger partial charge in [0.05, 0.1) is 0 Å². The number of aliphatic imine (C=N–C) groups is 1. The molecule has 33 heavy (non-hydrogen) atoms. The minimum atomic E-state index is 0.721. The summed E-state index contributed by atoms with van der Waals surface area (Å²) in [5.41, 5.74) is 4.15. The van der Waals surface area contributed by atoms with Gasteiger partial charge >= 0.3 is 0 Å². The number of rotatable bonds is 4. The Morgan fingerprint density at radius 1 is 0.818 bits per heavy atom. The fourth-order valence-electron chi connectivity index (χ4n) is 3.91. The van der Waals surface area contributed by atoms with E-state index in [-0.39, 0.29) is 0 Å². The fourth-order valence-corrected chi connectivity index (χ4v) is 5.00. The SMILES string of the molecule is CN1CCN(/C(=N\c2sc(-c3ccc(Cl)cc3)nc2-c2ccccc2)c2ccccc2)CC1. The van der Waals surface area contributed by atoms with Gasteiger partial charge in [-0.2, -0.15) is 0 Å². The Hall–Kier alpha value is -2.99. The van der Waals surface area contributed by atoms with E-state index in [9.17, 15) is 0 Å². The van der Waals surface area contributed by atoms with E-state index in [1.165, 1.54) is 0 Å². The Balaban J connectivity index is 1.64. The van der Waals surface area contributed by atoms with Gasteiger partial charge in [0, 0.05) is 47.9 Å². The fraction of sp³-hybridized carbons (Fsp3) is 0.185. The molecule has 0 aliphatic carbocycles. The van der Waals surface area contributed by atoms with E-state index in [0.717, 1.165) is 69.4 Å². The third-order valence-electron chi connectivity index (χ3n) is 5.79. The molecule has 0 bridgehead atoms. The summed E-state index contributed by atoms with van der Waals surface area (Å²) in [6.07, 6.45) is 0. The molecule has 5 rings (SSSR count). The number of thiazole rings is 1. The van der Waals surface area contributed by atoms with Crippen LogP contribution in [0.15, 0.2) is 89.9 Å². The van der Waals surface area contributed by atoms with Crippen LogP contribution in [0.3, 0.4) is 0 Å². The van der Waals surface area contributed by atoms with Crippen molar-refractivity contribution in [3.05, 3.63) is 95.5 Å². The second-order valence-electron chi connectivity index (χ2n) is 8.14. The molecule has 0 N–H and O–H groups in total. The van der Waals surface area contributed by atoms with Gasteiger partial charge < -0.3 is 9.80 Å². The van der Waals surface area contributed by atoms with Crippen LogP contribution in [-0.2, 0) is 0 Å². The van der Waals surface area contributed by atoms with Crippen LogP contribution in [0, 0.1) is 0 Å². The molecular formula is C27H25ClN4S. The van der Waals surface area contributed by atoms with Crippen LogP contribution in [0.5, 0.6) is 0 Å². The van der Waals surface area contributed by atoms with Crippen molar-refractivity contribution in [2.45, 2.75) is 0 Å². The predicted octanol–water partition coefficient (Wildman–Crippen LogP) is 6.46. The molecule has 166 valence electrons. The van der Waals surface area contributed by atoms with E-state index < -0.39 is 0 Å². The molecule has 1 aromatic heterocycles. The van der Waals surface area contributed by atoms with Gasteiger partial charge in [0.1, 0.15) is 21.5 Å². The van der Waals surface area contributed by atoms with Crippen LogP contribution in [0.2, 0.25) is 5.02 Å². The van der Waals surface area contributed by atoms with Crippen molar-refractivity contribution in [1.82, 2.24) is 14.8 Å². The first-order chi connectivity index (χ1) is 16.2. The summed E-state index contributed by atoms with van der Waals surface area (Å²) >= 11 is 7.74. The van der Waals surface area contributed by atoms with Gasteiger partial charge in [0.15, 0.2) is 0 Å². The molecule has 0 spiro atoms. The normalized spacial score (nSPS) is 15.1. The maximum atomic E-state index is 6.12. The monoisotopic (exact) mass is 472 g/mol. The number of amidine groups is 1. The standard InChI is InChI=1S/C27H25ClN4S/c1-31-16-18-32(19-17-31)25(21-10-6-3-7-11-21)30-27-24(20-8-4-2-5-9-20)29-26(33-27)22-12-14-23(28)15-13-22/h2-15H,16-19H2,1H3/b30-25-. The third-order valence-corrected chi connectivity index (χ3v) is 7.04. The zero-order valence-electron chi connectivity index (χ0n) is 18.5. The van der Waals surface area contributed by atoms with Crippen molar-refractivity contribution in [3.8, 4) is 21.8 Å². The molecule has 0 unspecified atom stereocenters. The summed E-state index contributed by atoms with van der Waals surface area (Å²) < 4.78 is 0. The molecule has 0 amide bonds. The first-order valence-electron chi connectivity index (χ1n) is 11.1. The highest BCUT2D eigenvalue weighted by Gasteiger charge is 2.21. The van der Waals surface area contributed by atoms with Gasteiger partial charge in [-0.25, -0.2) is 9.98 Å². The first kappa shape index (κ1) is 21.8. The van der Waals surface area contributed by atoms with Crippen molar-refractivity contribution >= 4 is 33.8 Å². The van der Waals surface area contributed by atoms with Crippen molar-refractivity contribution in [3.63, 3.8) is 0 Å². The van der Waals surface area contributed by atoms with Gasteiger partial charge in [-0.05, 0) is 19.2 Å². The summed E-state index contributed by atoms with van der Waals surface area (Å²) in [4.78, 5) is 15.1. The van der Waals surface area contributed by atoms with Crippen LogP contribution in [0.25, 0.3) is 21.8 Å². The van der Waals surface area contributed by atoms with Crippen molar-refractivity contribution in [2.75, 3.05) is 33.2 Å². The summed E-state index contributed by atoms with van der Waals surface area (Å²) in [5, 5.41) is 2.58. The molecule has 6 heteroatoms. The van der Waals surface area contributed by atoms with E-state index in [1.54, 1.807) is 11.3 Å². The van der Waals surface area contributed by atoms with Crippen molar-refractivity contribution < 1.29 is 0 Å². The minimum Gasteiger partial charge on any atom is -0.354 e. The molecule has 3 aromatic carbocycles. The van der Waals surface area contributed by atoms with Gasteiger partial charge in [-0.15, -0.1) is 0 Å². The number of likely N-dealkylation sites (N-methyl/N-ethyl adjacent to an activating group) is 1. The second-order valence-corrected chi connectivity index (χ2v) is 9.55. The summed E-state index contributed by atoms with van der Waals surface area (Å²) in [6.45, 7) is 3.95. The van der Waals surface area contributed by atoms with Crippen LogP contribution in [-0.4, -0.2) is 53.8 Å². The molecule has 4 aromatic rings. The maximum absolute atomic E-state index is 6.12. The van der Waals surface area contributed by atoms with E-state index in [1.807, 2.05) is 48.5 Å². The number of aromatic nitrogens is 1. The molecule has 2 heterocycles. The van der Waals surface area contributed by atoms with E-state index in [4.69, 9.17) is 21.6 Å². The first-order valence-corrected chi connectivity index (χ1v) is 12.3. The number of piperazine rings is 1.